The van der Waals surface area contributed by atoms with E-state index in [1.54, 1.807) is 0 Å². The fraction of sp³-hybridized carbons (Fsp3) is 0.235. The van der Waals surface area contributed by atoms with Crippen LogP contribution in [-0.2, 0) is 0 Å². The van der Waals surface area contributed by atoms with Crippen LogP contribution in [0.5, 0.6) is 0 Å². The second-order valence-electron chi connectivity index (χ2n) is 4.77. The molecule has 0 aliphatic carbocycles. The van der Waals surface area contributed by atoms with Gasteiger partial charge in [0.2, 0.25) is 0 Å². The summed E-state index contributed by atoms with van der Waals surface area (Å²) >= 11 is 5.88. The lowest BCUT2D eigenvalue weighted by atomic mass is 10.00. The molecule has 0 aliphatic heterocycles. The van der Waals surface area contributed by atoms with E-state index >= 15 is 0 Å². The SMILES string of the molecule is C[C@H](NCC(C#N)c1ccccc1)c1ccc(Cl)cc1. The predicted molar refractivity (Wildman–Crippen MR) is 82.7 cm³/mol. The van der Waals surface area contributed by atoms with Gasteiger partial charge < -0.3 is 5.32 Å². The van der Waals surface area contributed by atoms with E-state index in [-0.39, 0.29) is 12.0 Å². The summed E-state index contributed by atoms with van der Waals surface area (Å²) in [6.07, 6.45) is 0. The van der Waals surface area contributed by atoms with Crippen molar-refractivity contribution >= 4 is 11.6 Å². The van der Waals surface area contributed by atoms with E-state index in [1.807, 2.05) is 54.6 Å². The first-order valence-corrected chi connectivity index (χ1v) is 7.02. The summed E-state index contributed by atoms with van der Waals surface area (Å²) in [5.74, 6) is -0.133. The molecule has 2 nitrogen and oxygen atoms in total. The Morgan fingerprint density at radius 3 is 2.30 bits per heavy atom. The topological polar surface area (TPSA) is 35.8 Å². The summed E-state index contributed by atoms with van der Waals surface area (Å²) in [6.45, 7) is 2.72. The fourth-order valence-corrected chi connectivity index (χ4v) is 2.21. The molecule has 0 fully saturated rings. The van der Waals surface area contributed by atoms with Crippen LogP contribution < -0.4 is 5.32 Å². The standard InChI is InChI=1S/C17H17ClN2/c1-13(14-7-9-17(18)10-8-14)20-12-16(11-19)15-5-3-2-4-6-15/h2-10,13,16,20H,12H2,1H3/t13-,16?/m0/s1. The number of benzene rings is 2. The third-order valence-electron chi connectivity index (χ3n) is 3.36. The van der Waals surface area contributed by atoms with E-state index < -0.39 is 0 Å². The zero-order chi connectivity index (χ0) is 14.4. The quantitative estimate of drug-likeness (QED) is 0.889. The molecule has 2 aromatic rings. The van der Waals surface area contributed by atoms with Crippen molar-refractivity contribution in [3.8, 4) is 6.07 Å². The molecule has 0 aromatic heterocycles. The monoisotopic (exact) mass is 284 g/mol. The van der Waals surface area contributed by atoms with Gasteiger partial charge in [-0.3, -0.25) is 0 Å². The van der Waals surface area contributed by atoms with Gasteiger partial charge in [0.05, 0.1) is 12.0 Å². The minimum Gasteiger partial charge on any atom is -0.309 e. The molecule has 2 atom stereocenters. The van der Waals surface area contributed by atoms with Crippen molar-refractivity contribution in [2.24, 2.45) is 0 Å². The number of halogens is 1. The third kappa shape index (κ3) is 3.84. The average molecular weight is 285 g/mol. The summed E-state index contributed by atoms with van der Waals surface area (Å²) < 4.78 is 0. The fourth-order valence-electron chi connectivity index (χ4n) is 2.09. The maximum Gasteiger partial charge on any atom is 0.0837 e. The minimum absolute atomic E-state index is 0.133. The van der Waals surface area contributed by atoms with E-state index in [2.05, 4.69) is 18.3 Å². The van der Waals surface area contributed by atoms with Gasteiger partial charge in [-0.15, -0.1) is 0 Å². The molecule has 3 heteroatoms. The minimum atomic E-state index is -0.133. The van der Waals surface area contributed by atoms with E-state index in [4.69, 9.17) is 11.6 Å². The van der Waals surface area contributed by atoms with Gasteiger partial charge in [0.1, 0.15) is 0 Å². The first-order valence-electron chi connectivity index (χ1n) is 6.64. The molecule has 0 bridgehead atoms. The van der Waals surface area contributed by atoms with Gasteiger partial charge in [-0.2, -0.15) is 5.26 Å². The molecule has 0 saturated heterocycles. The highest BCUT2D eigenvalue weighted by Crippen LogP contribution is 2.18. The van der Waals surface area contributed by atoms with Gasteiger partial charge >= 0.3 is 0 Å². The van der Waals surface area contributed by atoms with E-state index in [9.17, 15) is 5.26 Å². The number of nitrogens with zero attached hydrogens (tertiary/aromatic N) is 1. The lowest BCUT2D eigenvalue weighted by Gasteiger charge is -2.17. The van der Waals surface area contributed by atoms with Gasteiger partial charge in [0.15, 0.2) is 0 Å². The molecule has 0 radical (unpaired) electrons. The molecule has 0 saturated carbocycles. The zero-order valence-electron chi connectivity index (χ0n) is 11.4. The predicted octanol–water partition coefficient (Wildman–Crippen LogP) is 4.30. The van der Waals surface area contributed by atoms with Crippen LogP contribution in [0.15, 0.2) is 54.6 Å². The Labute approximate surface area is 125 Å². The molecule has 0 spiro atoms. The van der Waals surface area contributed by atoms with Crippen LogP contribution in [0.4, 0.5) is 0 Å². The highest BCUT2D eigenvalue weighted by atomic mass is 35.5. The van der Waals surface area contributed by atoms with Crippen molar-refractivity contribution in [1.29, 1.82) is 5.26 Å². The van der Waals surface area contributed by atoms with Gasteiger partial charge in [-0.25, -0.2) is 0 Å². The summed E-state index contributed by atoms with van der Waals surface area (Å²) in [5, 5.41) is 13.4. The van der Waals surface area contributed by atoms with Crippen LogP contribution in [0.2, 0.25) is 5.02 Å². The highest BCUT2D eigenvalue weighted by Gasteiger charge is 2.12. The van der Waals surface area contributed by atoms with Crippen molar-refractivity contribution in [1.82, 2.24) is 5.32 Å². The molecule has 0 aliphatic rings. The first kappa shape index (κ1) is 14.6. The largest absolute Gasteiger partial charge is 0.309 e. The number of hydrogen-bond acceptors (Lipinski definition) is 2. The van der Waals surface area contributed by atoms with Crippen LogP contribution in [0, 0.1) is 11.3 Å². The molecular formula is C17H17ClN2. The number of nitrogens with one attached hydrogen (secondary N) is 1. The summed E-state index contributed by atoms with van der Waals surface area (Å²) in [5.41, 5.74) is 2.21. The molecule has 1 unspecified atom stereocenters. The summed E-state index contributed by atoms with van der Waals surface area (Å²) in [6, 6.07) is 20.2. The Morgan fingerprint density at radius 2 is 1.70 bits per heavy atom. The molecule has 2 aromatic carbocycles. The van der Waals surface area contributed by atoms with Crippen molar-refractivity contribution < 1.29 is 0 Å². The molecule has 1 N–H and O–H groups in total. The van der Waals surface area contributed by atoms with Crippen molar-refractivity contribution in [2.45, 2.75) is 18.9 Å². The van der Waals surface area contributed by atoms with E-state index in [0.29, 0.717) is 6.54 Å². The smallest absolute Gasteiger partial charge is 0.0837 e. The van der Waals surface area contributed by atoms with Gasteiger partial charge in [-0.1, -0.05) is 54.1 Å². The molecule has 2 rings (SSSR count). The van der Waals surface area contributed by atoms with Gasteiger partial charge in [0, 0.05) is 17.6 Å². The summed E-state index contributed by atoms with van der Waals surface area (Å²) in [7, 11) is 0. The molecule has 102 valence electrons. The van der Waals surface area contributed by atoms with Crippen LogP contribution in [-0.4, -0.2) is 6.54 Å². The molecule has 0 heterocycles. The van der Waals surface area contributed by atoms with Gasteiger partial charge in [-0.05, 0) is 30.2 Å². The van der Waals surface area contributed by atoms with E-state index in [1.165, 1.54) is 5.56 Å². The Balaban J connectivity index is 1.97. The maximum absolute atomic E-state index is 9.29. The second kappa shape index (κ2) is 7.09. The number of rotatable bonds is 5. The van der Waals surface area contributed by atoms with Crippen LogP contribution in [0.1, 0.15) is 30.0 Å². The Bertz CT molecular complexity index is 572. The molecule has 20 heavy (non-hydrogen) atoms. The van der Waals surface area contributed by atoms with Crippen LogP contribution >= 0.6 is 11.6 Å². The normalized spacial score (nSPS) is 13.4. The lowest BCUT2D eigenvalue weighted by molar-refractivity contribution is 0.558. The Kier molecular flexibility index (Phi) is 5.17. The summed E-state index contributed by atoms with van der Waals surface area (Å²) in [4.78, 5) is 0. The third-order valence-corrected chi connectivity index (χ3v) is 3.61. The highest BCUT2D eigenvalue weighted by molar-refractivity contribution is 6.30. The van der Waals surface area contributed by atoms with Crippen molar-refractivity contribution in [3.05, 3.63) is 70.7 Å². The number of hydrogen-bond donors (Lipinski definition) is 1. The Hall–Kier alpha value is -1.82. The molecule has 0 amide bonds. The second-order valence-corrected chi connectivity index (χ2v) is 5.21. The zero-order valence-corrected chi connectivity index (χ0v) is 12.1. The maximum atomic E-state index is 9.29. The number of nitriles is 1. The molecular weight excluding hydrogens is 268 g/mol. The van der Waals surface area contributed by atoms with Crippen LogP contribution in [0.3, 0.4) is 0 Å². The lowest BCUT2D eigenvalue weighted by Crippen LogP contribution is -2.24. The average Bonchev–Trinajstić information content (AvgIpc) is 2.49. The van der Waals surface area contributed by atoms with E-state index in [0.717, 1.165) is 10.6 Å². The van der Waals surface area contributed by atoms with Crippen molar-refractivity contribution in [3.63, 3.8) is 0 Å². The van der Waals surface area contributed by atoms with Crippen LogP contribution in [0.25, 0.3) is 0 Å². The Morgan fingerprint density at radius 1 is 1.05 bits per heavy atom. The van der Waals surface area contributed by atoms with Gasteiger partial charge in [0.25, 0.3) is 0 Å². The van der Waals surface area contributed by atoms with Crippen molar-refractivity contribution in [2.75, 3.05) is 6.54 Å². The first-order chi connectivity index (χ1) is 9.70.